The number of halogens is 4. The van der Waals surface area contributed by atoms with Crippen LogP contribution in [0, 0.1) is 5.82 Å². The molecule has 0 fully saturated rings. The number of hydrogen-bond acceptors (Lipinski definition) is 3. The van der Waals surface area contributed by atoms with E-state index >= 15 is 0 Å². The van der Waals surface area contributed by atoms with Gasteiger partial charge in [-0.25, -0.2) is 9.07 Å². The Bertz CT molecular complexity index is 1470. The van der Waals surface area contributed by atoms with Gasteiger partial charge in [0.25, 0.3) is 0 Å². The molecule has 0 aliphatic rings. The Morgan fingerprint density at radius 2 is 1.79 bits per heavy atom. The molecule has 0 aliphatic carbocycles. The zero-order chi connectivity index (χ0) is 23.4. The Kier molecular flexibility index (Phi) is 4.68. The molecular weight excluding hydrogens is 438 g/mol. The summed E-state index contributed by atoms with van der Waals surface area (Å²) in [5, 5.41) is 16.0. The van der Waals surface area contributed by atoms with Crippen molar-refractivity contribution in [1.29, 1.82) is 0 Å². The van der Waals surface area contributed by atoms with Crippen LogP contribution in [-0.2, 0) is 5.60 Å². The fourth-order valence-corrected chi connectivity index (χ4v) is 4.11. The molecule has 0 saturated carbocycles. The molecule has 1 atom stereocenters. The quantitative estimate of drug-likeness (QED) is 0.354. The molecule has 0 spiro atoms. The van der Waals surface area contributed by atoms with Crippen molar-refractivity contribution in [2.75, 3.05) is 7.11 Å². The van der Waals surface area contributed by atoms with Crippen molar-refractivity contribution in [3.63, 3.8) is 0 Å². The Morgan fingerprint density at radius 3 is 2.48 bits per heavy atom. The van der Waals surface area contributed by atoms with Gasteiger partial charge in [0.15, 0.2) is 0 Å². The maximum absolute atomic E-state index is 14.4. The van der Waals surface area contributed by atoms with Gasteiger partial charge in [0.2, 0.25) is 5.60 Å². The van der Waals surface area contributed by atoms with Crippen molar-refractivity contribution < 1.29 is 27.4 Å². The smallest absolute Gasteiger partial charge is 0.425 e. The second kappa shape index (κ2) is 7.35. The molecular formula is C24H17F4N3O2. The predicted molar refractivity (Wildman–Crippen MR) is 115 cm³/mol. The van der Waals surface area contributed by atoms with Crippen LogP contribution in [0.15, 0.2) is 73.1 Å². The molecule has 2 heterocycles. The number of aromatic amines is 1. The Morgan fingerprint density at radius 1 is 1.03 bits per heavy atom. The van der Waals surface area contributed by atoms with Gasteiger partial charge >= 0.3 is 6.18 Å². The third-order valence-corrected chi connectivity index (χ3v) is 5.75. The first-order valence-electron chi connectivity index (χ1n) is 9.92. The first-order chi connectivity index (χ1) is 15.7. The lowest BCUT2D eigenvalue weighted by Gasteiger charge is -2.31. The predicted octanol–water partition coefficient (Wildman–Crippen LogP) is 5.45. The number of aliphatic hydroxyl groups is 1. The van der Waals surface area contributed by atoms with Gasteiger partial charge < -0.3 is 14.8 Å². The second-order valence-electron chi connectivity index (χ2n) is 7.60. The van der Waals surface area contributed by atoms with E-state index in [4.69, 9.17) is 4.74 Å². The van der Waals surface area contributed by atoms with Crippen molar-refractivity contribution in [1.82, 2.24) is 14.8 Å². The van der Waals surface area contributed by atoms with Crippen LogP contribution in [0.4, 0.5) is 17.6 Å². The van der Waals surface area contributed by atoms with Crippen LogP contribution in [0.3, 0.4) is 0 Å². The number of hydrogen-bond donors (Lipinski definition) is 2. The van der Waals surface area contributed by atoms with E-state index in [0.717, 1.165) is 6.20 Å². The van der Waals surface area contributed by atoms with Crippen LogP contribution in [-0.4, -0.2) is 33.2 Å². The summed E-state index contributed by atoms with van der Waals surface area (Å²) < 4.78 is 63.2. The van der Waals surface area contributed by atoms with Gasteiger partial charge in [-0.2, -0.15) is 18.3 Å². The average molecular weight is 455 g/mol. The van der Waals surface area contributed by atoms with Crippen molar-refractivity contribution in [2.24, 2.45) is 0 Å². The molecule has 2 N–H and O–H groups in total. The van der Waals surface area contributed by atoms with Crippen LogP contribution in [0.2, 0.25) is 0 Å². The molecule has 1 unspecified atom stereocenters. The van der Waals surface area contributed by atoms with Gasteiger partial charge in [-0.3, -0.25) is 0 Å². The van der Waals surface area contributed by atoms with Crippen molar-refractivity contribution in [3.05, 3.63) is 90.0 Å². The van der Waals surface area contributed by atoms with Crippen LogP contribution >= 0.6 is 0 Å². The first kappa shape index (κ1) is 21.0. The number of alkyl halides is 3. The Hall–Kier alpha value is -3.85. The van der Waals surface area contributed by atoms with E-state index in [9.17, 15) is 22.7 Å². The van der Waals surface area contributed by atoms with E-state index in [1.807, 2.05) is 0 Å². The zero-order valence-corrected chi connectivity index (χ0v) is 17.2. The minimum absolute atomic E-state index is 0.191. The molecule has 0 amide bonds. The van der Waals surface area contributed by atoms with E-state index < -0.39 is 17.6 Å². The van der Waals surface area contributed by atoms with Gasteiger partial charge in [-0.15, -0.1) is 0 Å². The highest BCUT2D eigenvalue weighted by Crippen LogP contribution is 2.47. The standard InChI is InChI=1S/C24H17F4N3O2/c1-33-21-4-2-3-18-19(13-29-22(18)21)23(32,24(26,27)28)15-5-10-20-14(11-15)12-30-31(20)17-8-6-16(25)7-9-17/h2-13,29,32H,1H3. The monoisotopic (exact) mass is 455 g/mol. The largest absolute Gasteiger partial charge is 0.495 e. The summed E-state index contributed by atoms with van der Waals surface area (Å²) in [7, 11) is 1.41. The molecule has 5 aromatic rings. The third kappa shape index (κ3) is 3.15. The van der Waals surface area contributed by atoms with Gasteiger partial charge in [-0.1, -0.05) is 18.2 Å². The number of rotatable bonds is 4. The molecule has 0 saturated heterocycles. The fourth-order valence-electron chi connectivity index (χ4n) is 4.11. The van der Waals surface area contributed by atoms with E-state index in [2.05, 4.69) is 10.1 Å². The van der Waals surface area contributed by atoms with Crippen LogP contribution in [0.1, 0.15) is 11.1 Å². The number of ether oxygens (including phenoxy) is 1. The van der Waals surface area contributed by atoms with Gasteiger partial charge in [-0.05, 0) is 48.0 Å². The normalized spacial score (nSPS) is 14.0. The lowest BCUT2D eigenvalue weighted by Crippen LogP contribution is -2.43. The van der Waals surface area contributed by atoms with E-state index in [1.54, 1.807) is 12.1 Å². The third-order valence-electron chi connectivity index (χ3n) is 5.75. The highest BCUT2D eigenvalue weighted by atomic mass is 19.4. The lowest BCUT2D eigenvalue weighted by atomic mass is 9.85. The summed E-state index contributed by atoms with van der Waals surface area (Å²) >= 11 is 0. The van der Waals surface area contributed by atoms with Crippen molar-refractivity contribution >= 4 is 21.8 Å². The number of aromatic nitrogens is 3. The fraction of sp³-hybridized carbons (Fsp3) is 0.125. The zero-order valence-electron chi connectivity index (χ0n) is 17.2. The summed E-state index contributed by atoms with van der Waals surface area (Å²) in [6, 6.07) is 14.2. The Balaban J connectivity index is 1.69. The van der Waals surface area contributed by atoms with E-state index in [-0.39, 0.29) is 16.5 Å². The molecule has 2 aromatic heterocycles. The summed E-state index contributed by atoms with van der Waals surface area (Å²) in [6.45, 7) is 0. The minimum atomic E-state index is -5.02. The molecule has 0 radical (unpaired) electrons. The molecule has 168 valence electrons. The average Bonchev–Trinajstić information content (AvgIpc) is 3.42. The SMILES string of the molecule is COc1cccc2c(C(O)(c3ccc4c(cnn4-c4ccc(F)cc4)c3)C(F)(F)F)c[nH]c12. The molecule has 5 rings (SSSR count). The lowest BCUT2D eigenvalue weighted by molar-refractivity contribution is -0.247. The molecule has 3 aromatic carbocycles. The highest BCUT2D eigenvalue weighted by molar-refractivity contribution is 5.90. The van der Waals surface area contributed by atoms with Gasteiger partial charge in [0.05, 0.1) is 30.0 Å². The van der Waals surface area contributed by atoms with Crippen molar-refractivity contribution in [3.8, 4) is 11.4 Å². The molecule has 0 bridgehead atoms. The second-order valence-corrected chi connectivity index (χ2v) is 7.60. The van der Waals surface area contributed by atoms with Gasteiger partial charge in [0.1, 0.15) is 11.6 Å². The van der Waals surface area contributed by atoms with E-state index in [1.165, 1.54) is 66.5 Å². The van der Waals surface area contributed by atoms with Crippen LogP contribution < -0.4 is 4.74 Å². The maximum Gasteiger partial charge on any atom is 0.425 e. The van der Waals surface area contributed by atoms with Crippen LogP contribution in [0.5, 0.6) is 5.75 Å². The molecule has 5 nitrogen and oxygen atoms in total. The Labute approximate surface area is 184 Å². The summed E-state index contributed by atoms with van der Waals surface area (Å²) in [4.78, 5) is 2.79. The van der Waals surface area contributed by atoms with Gasteiger partial charge in [0, 0.05) is 22.5 Å². The summed E-state index contributed by atoms with van der Waals surface area (Å²) in [5.74, 6) is -0.0533. The molecule has 33 heavy (non-hydrogen) atoms. The first-order valence-corrected chi connectivity index (χ1v) is 9.92. The maximum atomic E-state index is 14.4. The number of para-hydroxylation sites is 1. The molecule has 9 heteroatoms. The number of fused-ring (bicyclic) bond motifs is 2. The number of nitrogens with zero attached hydrogens (tertiary/aromatic N) is 2. The summed E-state index contributed by atoms with van der Waals surface area (Å²) in [6.07, 6.45) is -2.48. The van der Waals surface area contributed by atoms with Crippen LogP contribution in [0.25, 0.3) is 27.5 Å². The number of nitrogens with one attached hydrogen (secondary N) is 1. The van der Waals surface area contributed by atoms with Crippen molar-refractivity contribution in [2.45, 2.75) is 11.8 Å². The number of benzene rings is 3. The number of H-pyrrole nitrogens is 1. The molecule has 0 aliphatic heterocycles. The number of methoxy groups -OCH3 is 1. The summed E-state index contributed by atoms with van der Waals surface area (Å²) in [5.41, 5.74) is -2.57. The minimum Gasteiger partial charge on any atom is -0.495 e. The topological polar surface area (TPSA) is 63.1 Å². The van der Waals surface area contributed by atoms with E-state index in [0.29, 0.717) is 27.9 Å². The highest BCUT2D eigenvalue weighted by Gasteiger charge is 2.57.